The Morgan fingerprint density at radius 2 is 1.93 bits per heavy atom. The number of nitrogens with zero attached hydrogens (tertiary/aromatic N) is 1. The zero-order valence-corrected chi connectivity index (χ0v) is 9.96. The molecule has 1 unspecified atom stereocenters. The number of aryl methyl sites for hydroxylation is 1. The molecule has 0 fully saturated rings. The molecule has 1 heterocycles. The van der Waals surface area contributed by atoms with Gasteiger partial charge in [0.1, 0.15) is 0 Å². The van der Waals surface area contributed by atoms with E-state index < -0.39 is 0 Å². The summed E-state index contributed by atoms with van der Waals surface area (Å²) in [6, 6.07) is 2.23. The maximum absolute atomic E-state index is 4.51. The van der Waals surface area contributed by atoms with Crippen molar-refractivity contribution in [2.75, 3.05) is 0 Å². The molecule has 0 aliphatic carbocycles. The second-order valence-corrected chi connectivity index (χ2v) is 4.43. The Balaban J connectivity index is 3.01. The summed E-state index contributed by atoms with van der Waals surface area (Å²) in [6.45, 7) is 11.0. The molecule has 0 aliphatic rings. The van der Waals surface area contributed by atoms with Crippen LogP contribution in [-0.4, -0.2) is 4.98 Å². The van der Waals surface area contributed by atoms with Crippen LogP contribution < -0.4 is 0 Å². The highest BCUT2D eigenvalue weighted by Crippen LogP contribution is 2.23. The lowest BCUT2D eigenvalue weighted by Gasteiger charge is -2.14. The van der Waals surface area contributed by atoms with E-state index >= 15 is 0 Å². The van der Waals surface area contributed by atoms with Crippen LogP contribution in [0.2, 0.25) is 0 Å². The average Bonchev–Trinajstić information content (AvgIpc) is 2.16. The van der Waals surface area contributed by atoms with Crippen LogP contribution in [0.5, 0.6) is 0 Å². The molecule has 1 atom stereocenters. The van der Waals surface area contributed by atoms with Crippen LogP contribution in [0, 0.1) is 6.92 Å². The predicted molar refractivity (Wildman–Crippen MR) is 61.8 cm³/mol. The molecule has 1 rings (SSSR count). The number of aromatic nitrogens is 1. The summed E-state index contributed by atoms with van der Waals surface area (Å²) in [6.07, 6.45) is 3.24. The SMILES string of the molecule is CCC(C)c1cnc(C(C)C)cc1C. The third-order valence-corrected chi connectivity index (χ3v) is 2.91. The summed E-state index contributed by atoms with van der Waals surface area (Å²) in [4.78, 5) is 4.51. The Morgan fingerprint density at radius 3 is 2.36 bits per heavy atom. The van der Waals surface area contributed by atoms with Crippen molar-refractivity contribution in [3.05, 3.63) is 29.1 Å². The topological polar surface area (TPSA) is 12.9 Å². The average molecular weight is 191 g/mol. The van der Waals surface area contributed by atoms with Crippen LogP contribution in [0.4, 0.5) is 0 Å². The molecule has 0 radical (unpaired) electrons. The Hall–Kier alpha value is -0.850. The third-order valence-electron chi connectivity index (χ3n) is 2.91. The lowest BCUT2D eigenvalue weighted by atomic mass is 9.95. The first-order chi connectivity index (χ1) is 6.56. The predicted octanol–water partition coefficient (Wildman–Crippen LogP) is 4.03. The molecule has 0 amide bonds. The molecular weight excluding hydrogens is 170 g/mol. The standard InChI is InChI=1S/C13H21N/c1-6-10(4)12-8-14-13(9(2)3)7-11(12)5/h7-10H,6H2,1-5H3. The quantitative estimate of drug-likeness (QED) is 0.703. The van der Waals surface area contributed by atoms with Gasteiger partial charge >= 0.3 is 0 Å². The fraction of sp³-hybridized carbons (Fsp3) is 0.615. The Morgan fingerprint density at radius 1 is 1.29 bits per heavy atom. The van der Waals surface area contributed by atoms with E-state index in [1.54, 1.807) is 0 Å². The summed E-state index contributed by atoms with van der Waals surface area (Å²) < 4.78 is 0. The Labute approximate surface area is 87.6 Å². The first kappa shape index (κ1) is 11.2. The summed E-state index contributed by atoms with van der Waals surface area (Å²) >= 11 is 0. The smallest absolute Gasteiger partial charge is 0.0431 e. The van der Waals surface area contributed by atoms with Gasteiger partial charge in [-0.05, 0) is 42.4 Å². The monoisotopic (exact) mass is 191 g/mol. The van der Waals surface area contributed by atoms with E-state index in [4.69, 9.17) is 0 Å². The van der Waals surface area contributed by atoms with Gasteiger partial charge in [0, 0.05) is 11.9 Å². The fourth-order valence-corrected chi connectivity index (χ4v) is 1.64. The van der Waals surface area contributed by atoms with Gasteiger partial charge in [-0.1, -0.05) is 27.7 Å². The van der Waals surface area contributed by atoms with Gasteiger partial charge in [0.15, 0.2) is 0 Å². The van der Waals surface area contributed by atoms with Crippen LogP contribution in [0.1, 0.15) is 62.8 Å². The summed E-state index contributed by atoms with van der Waals surface area (Å²) in [5.41, 5.74) is 3.99. The minimum absolute atomic E-state index is 0.527. The van der Waals surface area contributed by atoms with Crippen molar-refractivity contribution < 1.29 is 0 Å². The molecule has 0 saturated carbocycles. The van der Waals surface area contributed by atoms with Crippen molar-refractivity contribution in [2.24, 2.45) is 0 Å². The summed E-state index contributed by atoms with van der Waals surface area (Å²) in [7, 11) is 0. The molecule has 0 saturated heterocycles. The van der Waals surface area contributed by atoms with Crippen molar-refractivity contribution in [1.82, 2.24) is 4.98 Å². The van der Waals surface area contributed by atoms with E-state index in [0.29, 0.717) is 11.8 Å². The summed E-state index contributed by atoms with van der Waals surface area (Å²) in [5.74, 6) is 1.16. The van der Waals surface area contributed by atoms with Crippen molar-refractivity contribution in [1.29, 1.82) is 0 Å². The Bertz CT molecular complexity index is 302. The molecule has 0 N–H and O–H groups in total. The van der Waals surface area contributed by atoms with Crippen LogP contribution in [-0.2, 0) is 0 Å². The van der Waals surface area contributed by atoms with Crippen LogP contribution in [0.15, 0.2) is 12.3 Å². The second kappa shape index (κ2) is 4.59. The van der Waals surface area contributed by atoms with Crippen molar-refractivity contribution in [3.63, 3.8) is 0 Å². The lowest BCUT2D eigenvalue weighted by molar-refractivity contribution is 0.717. The van der Waals surface area contributed by atoms with Gasteiger partial charge in [-0.25, -0.2) is 0 Å². The van der Waals surface area contributed by atoms with E-state index in [9.17, 15) is 0 Å². The molecule has 14 heavy (non-hydrogen) atoms. The van der Waals surface area contributed by atoms with Gasteiger partial charge < -0.3 is 0 Å². The van der Waals surface area contributed by atoms with Gasteiger partial charge in [-0.2, -0.15) is 0 Å². The molecule has 1 aromatic rings. The highest BCUT2D eigenvalue weighted by molar-refractivity contribution is 5.29. The van der Waals surface area contributed by atoms with Crippen molar-refractivity contribution >= 4 is 0 Å². The van der Waals surface area contributed by atoms with Crippen LogP contribution in [0.3, 0.4) is 0 Å². The van der Waals surface area contributed by atoms with E-state index in [2.05, 4.69) is 51.9 Å². The van der Waals surface area contributed by atoms with Gasteiger partial charge in [-0.15, -0.1) is 0 Å². The number of hydrogen-bond acceptors (Lipinski definition) is 1. The van der Waals surface area contributed by atoms with Gasteiger partial charge in [-0.3, -0.25) is 4.98 Å². The molecule has 78 valence electrons. The molecule has 0 aliphatic heterocycles. The van der Waals surface area contributed by atoms with Crippen molar-refractivity contribution in [2.45, 2.75) is 52.9 Å². The zero-order chi connectivity index (χ0) is 10.7. The van der Waals surface area contributed by atoms with E-state index in [0.717, 1.165) is 0 Å². The number of hydrogen-bond donors (Lipinski definition) is 0. The first-order valence-corrected chi connectivity index (χ1v) is 5.52. The minimum Gasteiger partial charge on any atom is -0.261 e. The third kappa shape index (κ3) is 2.34. The first-order valence-electron chi connectivity index (χ1n) is 5.52. The molecule has 0 bridgehead atoms. The zero-order valence-electron chi connectivity index (χ0n) is 9.96. The highest BCUT2D eigenvalue weighted by Gasteiger charge is 2.09. The van der Waals surface area contributed by atoms with Crippen LogP contribution >= 0.6 is 0 Å². The van der Waals surface area contributed by atoms with Crippen molar-refractivity contribution in [3.8, 4) is 0 Å². The normalized spacial score (nSPS) is 13.3. The highest BCUT2D eigenvalue weighted by atomic mass is 14.7. The Kier molecular flexibility index (Phi) is 3.68. The number of pyridine rings is 1. The van der Waals surface area contributed by atoms with E-state index in [1.165, 1.54) is 23.2 Å². The molecule has 1 aromatic heterocycles. The van der Waals surface area contributed by atoms with Gasteiger partial charge in [0.25, 0.3) is 0 Å². The molecular formula is C13H21N. The summed E-state index contributed by atoms with van der Waals surface area (Å²) in [5, 5.41) is 0. The lowest BCUT2D eigenvalue weighted by Crippen LogP contribution is -2.00. The molecule has 1 heteroatoms. The number of rotatable bonds is 3. The van der Waals surface area contributed by atoms with Gasteiger partial charge in [0.2, 0.25) is 0 Å². The molecule has 1 nitrogen and oxygen atoms in total. The molecule has 0 spiro atoms. The molecule has 0 aromatic carbocycles. The minimum atomic E-state index is 0.527. The maximum Gasteiger partial charge on any atom is 0.0431 e. The van der Waals surface area contributed by atoms with Gasteiger partial charge in [0.05, 0.1) is 0 Å². The second-order valence-electron chi connectivity index (χ2n) is 4.43. The van der Waals surface area contributed by atoms with E-state index in [-0.39, 0.29) is 0 Å². The maximum atomic E-state index is 4.51. The fourth-order valence-electron chi connectivity index (χ4n) is 1.64. The van der Waals surface area contributed by atoms with E-state index in [1.807, 2.05) is 0 Å². The van der Waals surface area contributed by atoms with Crippen LogP contribution in [0.25, 0.3) is 0 Å². The largest absolute Gasteiger partial charge is 0.261 e.